The van der Waals surface area contributed by atoms with Crippen LogP contribution in [0.15, 0.2) is 10.2 Å². The van der Waals surface area contributed by atoms with Gasteiger partial charge in [-0.25, -0.2) is 4.79 Å². The first-order valence-corrected chi connectivity index (χ1v) is 7.00. The number of nitrogens with zero attached hydrogens (tertiary/aromatic N) is 1. The van der Waals surface area contributed by atoms with Crippen LogP contribution in [0.2, 0.25) is 0 Å². The van der Waals surface area contributed by atoms with Gasteiger partial charge in [0.25, 0.3) is 0 Å². The van der Waals surface area contributed by atoms with Crippen molar-refractivity contribution >= 4 is 23.2 Å². The lowest BCUT2D eigenvalue weighted by atomic mass is 10.1. The summed E-state index contributed by atoms with van der Waals surface area (Å²) in [4.78, 5) is 33.9. The van der Waals surface area contributed by atoms with Gasteiger partial charge in [-0.2, -0.15) is 0 Å². The molecule has 1 unspecified atom stereocenters. The molecule has 0 spiro atoms. The normalized spacial score (nSPS) is 12.1. The van der Waals surface area contributed by atoms with E-state index in [4.69, 9.17) is 5.11 Å². The Morgan fingerprint density at radius 1 is 1.53 bits per heavy atom. The highest BCUT2D eigenvalue weighted by molar-refractivity contribution is 7.07. The topological polar surface area (TPSA) is 88.4 Å². The van der Waals surface area contributed by atoms with Crippen LogP contribution in [0.4, 0.5) is 0 Å². The number of carboxylic acid groups (broad SMARTS) is 1. The van der Waals surface area contributed by atoms with Crippen molar-refractivity contribution < 1.29 is 14.7 Å². The largest absolute Gasteiger partial charge is 0.480 e. The minimum absolute atomic E-state index is 0.102. The summed E-state index contributed by atoms with van der Waals surface area (Å²) in [5.41, 5.74) is 0.811. The minimum Gasteiger partial charge on any atom is -0.480 e. The molecule has 1 aromatic rings. The van der Waals surface area contributed by atoms with E-state index < -0.39 is 12.0 Å². The second-order valence-corrected chi connectivity index (χ2v) is 5.11. The minimum atomic E-state index is -1.03. The third-order valence-electron chi connectivity index (χ3n) is 2.75. The molecule has 2 N–H and O–H groups in total. The first kappa shape index (κ1) is 15.4. The average Bonchev–Trinajstić information content (AvgIpc) is 2.66. The van der Waals surface area contributed by atoms with Crippen molar-refractivity contribution in [3.05, 3.63) is 20.7 Å². The molecule has 1 atom stereocenters. The molecule has 0 aromatic carbocycles. The Hall–Kier alpha value is -1.63. The maximum atomic E-state index is 11.7. The summed E-state index contributed by atoms with van der Waals surface area (Å²) in [5, 5.41) is 13.1. The molecule has 106 valence electrons. The molecule has 1 amide bonds. The molecule has 1 rings (SSSR count). The summed E-state index contributed by atoms with van der Waals surface area (Å²) < 4.78 is 1.51. The summed E-state index contributed by atoms with van der Waals surface area (Å²) in [5.74, 6) is -1.38. The fraction of sp³-hybridized carbons (Fsp3) is 0.583. The number of hydrogen-bond donors (Lipinski definition) is 2. The molecule has 0 saturated heterocycles. The number of rotatable bonds is 7. The van der Waals surface area contributed by atoms with Crippen LogP contribution in [0.5, 0.6) is 0 Å². The van der Waals surface area contributed by atoms with Gasteiger partial charge in [0.1, 0.15) is 6.04 Å². The van der Waals surface area contributed by atoms with Crippen molar-refractivity contribution in [2.24, 2.45) is 0 Å². The third kappa shape index (κ3) is 4.51. The lowest BCUT2D eigenvalue weighted by Crippen LogP contribution is -2.41. The molecule has 0 bridgehead atoms. The lowest BCUT2D eigenvalue weighted by Gasteiger charge is -2.13. The zero-order valence-electron chi connectivity index (χ0n) is 11.0. The van der Waals surface area contributed by atoms with Crippen LogP contribution >= 0.6 is 11.3 Å². The quantitative estimate of drug-likeness (QED) is 0.782. The van der Waals surface area contributed by atoms with Crippen LogP contribution in [0.25, 0.3) is 0 Å². The molecule has 0 aliphatic heterocycles. The van der Waals surface area contributed by atoms with Gasteiger partial charge < -0.3 is 15.0 Å². The predicted molar refractivity (Wildman–Crippen MR) is 72.4 cm³/mol. The zero-order valence-corrected chi connectivity index (χ0v) is 11.8. The van der Waals surface area contributed by atoms with E-state index in [-0.39, 0.29) is 23.7 Å². The van der Waals surface area contributed by atoms with Crippen molar-refractivity contribution in [3.8, 4) is 0 Å². The van der Waals surface area contributed by atoms with Crippen LogP contribution in [-0.4, -0.2) is 27.6 Å². The maximum Gasteiger partial charge on any atom is 0.326 e. The molecular weight excluding hydrogens is 268 g/mol. The molecule has 19 heavy (non-hydrogen) atoms. The molecule has 6 nitrogen and oxygen atoms in total. The summed E-state index contributed by atoms with van der Waals surface area (Å²) in [6, 6.07) is -0.849. The van der Waals surface area contributed by atoms with Gasteiger partial charge in [0, 0.05) is 24.0 Å². The number of carbonyl (C=O) groups excluding carboxylic acids is 1. The molecule has 0 aliphatic rings. The van der Waals surface area contributed by atoms with Crippen molar-refractivity contribution in [1.82, 2.24) is 9.88 Å². The van der Waals surface area contributed by atoms with Gasteiger partial charge in [0.15, 0.2) is 0 Å². The molecule has 0 radical (unpaired) electrons. The fourth-order valence-electron chi connectivity index (χ4n) is 1.70. The molecule has 0 saturated carbocycles. The first-order valence-electron chi connectivity index (χ1n) is 6.12. The second-order valence-electron chi connectivity index (χ2n) is 4.29. The van der Waals surface area contributed by atoms with Crippen molar-refractivity contribution in [1.29, 1.82) is 0 Å². The number of hydrogen-bond acceptors (Lipinski definition) is 4. The van der Waals surface area contributed by atoms with Crippen molar-refractivity contribution in [2.45, 2.75) is 45.7 Å². The van der Waals surface area contributed by atoms with E-state index in [1.807, 2.05) is 6.92 Å². The van der Waals surface area contributed by atoms with Gasteiger partial charge in [0.05, 0.1) is 0 Å². The summed E-state index contributed by atoms with van der Waals surface area (Å²) >= 11 is 1.09. The SMILES string of the molecule is CCCC(NC(=O)CCn1c(C)csc1=O)C(=O)O. The van der Waals surface area contributed by atoms with Crippen molar-refractivity contribution in [3.63, 3.8) is 0 Å². The number of aryl methyl sites for hydroxylation is 1. The van der Waals surface area contributed by atoms with Gasteiger partial charge in [-0.3, -0.25) is 9.59 Å². The van der Waals surface area contributed by atoms with E-state index in [1.54, 1.807) is 12.3 Å². The monoisotopic (exact) mass is 286 g/mol. The van der Waals surface area contributed by atoms with Gasteiger partial charge in [0.2, 0.25) is 5.91 Å². The average molecular weight is 286 g/mol. The Labute approximate surface area is 115 Å². The number of aliphatic carboxylic acids is 1. The Morgan fingerprint density at radius 2 is 2.21 bits per heavy atom. The van der Waals surface area contributed by atoms with Crippen LogP contribution in [0.3, 0.4) is 0 Å². The lowest BCUT2D eigenvalue weighted by molar-refractivity contribution is -0.142. The zero-order chi connectivity index (χ0) is 14.4. The second kappa shape index (κ2) is 7.08. The number of aromatic nitrogens is 1. The molecule has 1 heterocycles. The highest BCUT2D eigenvalue weighted by Crippen LogP contribution is 2.02. The number of carbonyl (C=O) groups is 2. The van der Waals surface area contributed by atoms with Gasteiger partial charge in [-0.1, -0.05) is 24.7 Å². The van der Waals surface area contributed by atoms with E-state index in [0.29, 0.717) is 12.8 Å². The van der Waals surface area contributed by atoms with Gasteiger partial charge in [-0.15, -0.1) is 0 Å². The highest BCUT2D eigenvalue weighted by atomic mass is 32.1. The molecular formula is C12H18N2O4S. The van der Waals surface area contributed by atoms with Crippen molar-refractivity contribution in [2.75, 3.05) is 0 Å². The van der Waals surface area contributed by atoms with E-state index >= 15 is 0 Å². The molecule has 0 aliphatic carbocycles. The van der Waals surface area contributed by atoms with E-state index in [1.165, 1.54) is 4.57 Å². The Bertz CT molecular complexity index is 506. The van der Waals surface area contributed by atoms with E-state index in [0.717, 1.165) is 17.0 Å². The van der Waals surface area contributed by atoms with E-state index in [9.17, 15) is 14.4 Å². The number of nitrogens with one attached hydrogen (secondary N) is 1. The Kier molecular flexibility index (Phi) is 5.75. The number of thiazole rings is 1. The number of amides is 1. The van der Waals surface area contributed by atoms with Crippen LogP contribution < -0.4 is 10.2 Å². The Morgan fingerprint density at radius 3 is 2.68 bits per heavy atom. The summed E-state index contributed by atoms with van der Waals surface area (Å²) in [6.45, 7) is 3.93. The predicted octanol–water partition coefficient (Wildman–Crippen LogP) is 0.978. The van der Waals surface area contributed by atoms with Crippen LogP contribution in [-0.2, 0) is 16.1 Å². The van der Waals surface area contributed by atoms with Gasteiger partial charge in [-0.05, 0) is 13.3 Å². The molecule has 0 fully saturated rings. The fourth-order valence-corrected chi connectivity index (χ4v) is 2.46. The summed E-state index contributed by atoms with van der Waals surface area (Å²) in [7, 11) is 0. The smallest absolute Gasteiger partial charge is 0.326 e. The highest BCUT2D eigenvalue weighted by Gasteiger charge is 2.18. The van der Waals surface area contributed by atoms with E-state index in [2.05, 4.69) is 5.32 Å². The van der Waals surface area contributed by atoms with Crippen LogP contribution in [0, 0.1) is 6.92 Å². The Balaban J connectivity index is 2.52. The molecule has 7 heteroatoms. The standard InChI is InChI=1S/C12H18N2O4S/c1-3-4-9(11(16)17)13-10(15)5-6-14-8(2)7-19-12(14)18/h7,9H,3-6H2,1-2H3,(H,13,15)(H,16,17). The maximum absolute atomic E-state index is 11.7. The number of carboxylic acids is 1. The first-order chi connectivity index (χ1) is 8.95. The van der Waals surface area contributed by atoms with Crippen LogP contribution in [0.1, 0.15) is 31.9 Å². The summed E-state index contributed by atoms with van der Waals surface area (Å²) in [6.07, 6.45) is 1.18. The molecule has 1 aromatic heterocycles. The third-order valence-corrected chi connectivity index (χ3v) is 3.63. The van der Waals surface area contributed by atoms with Gasteiger partial charge >= 0.3 is 10.8 Å².